The third-order valence-corrected chi connectivity index (χ3v) is 4.69. The molecule has 0 saturated carbocycles. The molecular formula is C17H24F2N2O3. The number of likely N-dealkylation sites (tertiary alicyclic amines) is 1. The topological polar surface area (TPSA) is 61.8 Å². The number of para-hydroxylation sites is 2. The number of amides is 2. The lowest BCUT2D eigenvalue weighted by Gasteiger charge is -2.40. The van der Waals surface area contributed by atoms with Crippen molar-refractivity contribution in [1.82, 2.24) is 4.90 Å². The quantitative estimate of drug-likeness (QED) is 0.833. The van der Waals surface area contributed by atoms with Crippen molar-refractivity contribution >= 4 is 11.7 Å². The maximum absolute atomic E-state index is 12.4. The molecule has 5 nitrogen and oxygen atoms in total. The Balaban J connectivity index is 1.96. The molecule has 1 aliphatic rings. The number of piperidine rings is 1. The second-order valence-corrected chi connectivity index (χ2v) is 6.13. The Bertz CT molecular complexity index is 540. The largest absolute Gasteiger partial charge is 0.485 e. The predicted octanol–water partition coefficient (Wildman–Crippen LogP) is 3.35. The first-order chi connectivity index (χ1) is 11.5. The van der Waals surface area contributed by atoms with Crippen LogP contribution in [-0.2, 0) is 0 Å². The molecule has 0 radical (unpaired) electrons. The van der Waals surface area contributed by atoms with E-state index in [0.717, 1.165) is 19.3 Å². The third-order valence-electron chi connectivity index (χ3n) is 4.69. The van der Waals surface area contributed by atoms with Gasteiger partial charge in [-0.3, -0.25) is 0 Å². The Kier molecular flexibility index (Phi) is 6.36. The molecule has 1 aliphatic heterocycles. The molecule has 0 bridgehead atoms. The summed E-state index contributed by atoms with van der Waals surface area (Å²) < 4.78 is 29.6. The van der Waals surface area contributed by atoms with Crippen molar-refractivity contribution in [3.8, 4) is 5.75 Å². The van der Waals surface area contributed by atoms with E-state index in [9.17, 15) is 18.7 Å². The van der Waals surface area contributed by atoms with Crippen molar-refractivity contribution in [2.75, 3.05) is 31.6 Å². The molecular weight excluding hydrogens is 318 g/mol. The Labute approximate surface area is 140 Å². The number of anilines is 1. The Hall–Kier alpha value is -1.89. The smallest absolute Gasteiger partial charge is 0.321 e. The number of nitrogens with zero attached hydrogens (tertiary/aromatic N) is 1. The molecule has 1 heterocycles. The number of halogens is 2. The first-order valence-electron chi connectivity index (χ1n) is 8.16. The summed E-state index contributed by atoms with van der Waals surface area (Å²) in [5, 5.41) is 12.3. The molecule has 1 fully saturated rings. The highest BCUT2D eigenvalue weighted by atomic mass is 19.3. The first kappa shape index (κ1) is 18.4. The fourth-order valence-corrected chi connectivity index (χ4v) is 2.85. The van der Waals surface area contributed by atoms with Crippen LogP contribution in [0.4, 0.5) is 19.3 Å². The van der Waals surface area contributed by atoms with E-state index in [4.69, 9.17) is 4.74 Å². The Morgan fingerprint density at radius 2 is 2.04 bits per heavy atom. The third kappa shape index (κ3) is 4.56. The lowest BCUT2D eigenvalue weighted by Crippen LogP contribution is -2.46. The molecule has 1 aromatic carbocycles. The van der Waals surface area contributed by atoms with E-state index < -0.39 is 13.0 Å². The van der Waals surface area contributed by atoms with Crippen LogP contribution in [0.25, 0.3) is 0 Å². The molecule has 0 spiro atoms. The van der Waals surface area contributed by atoms with Gasteiger partial charge in [-0.1, -0.05) is 19.1 Å². The summed E-state index contributed by atoms with van der Waals surface area (Å²) in [6.45, 7) is 2.57. The number of nitrogens with one attached hydrogen (secondary N) is 1. The number of alkyl halides is 2. The van der Waals surface area contributed by atoms with E-state index in [1.165, 1.54) is 0 Å². The summed E-state index contributed by atoms with van der Waals surface area (Å²) in [6, 6.07) is 6.24. The minimum atomic E-state index is -2.57. The minimum Gasteiger partial charge on any atom is -0.485 e. The van der Waals surface area contributed by atoms with E-state index in [2.05, 4.69) is 5.32 Å². The average Bonchev–Trinajstić information content (AvgIpc) is 2.61. The van der Waals surface area contributed by atoms with Gasteiger partial charge in [0.1, 0.15) is 12.4 Å². The summed E-state index contributed by atoms with van der Waals surface area (Å²) in [4.78, 5) is 14.1. The van der Waals surface area contributed by atoms with Gasteiger partial charge in [-0.05, 0) is 36.8 Å². The summed E-state index contributed by atoms with van der Waals surface area (Å²) >= 11 is 0. The van der Waals surface area contributed by atoms with Crippen LogP contribution in [0.3, 0.4) is 0 Å². The summed E-state index contributed by atoms with van der Waals surface area (Å²) in [5.74, 6) is 0.224. The standard InChI is InChI=1S/C17H24F2N2O3/c1-2-17(12-22)7-9-21(10-8-17)16(23)20-13-5-3-4-6-14(13)24-11-15(18)19/h3-6,15,22H,2,7-12H2,1H3,(H,20,23). The average molecular weight is 342 g/mol. The van der Waals surface area contributed by atoms with Crippen molar-refractivity contribution in [2.45, 2.75) is 32.6 Å². The summed E-state index contributed by atoms with van der Waals surface area (Å²) in [5.41, 5.74) is 0.271. The monoisotopic (exact) mass is 342 g/mol. The van der Waals surface area contributed by atoms with E-state index in [1.54, 1.807) is 29.2 Å². The summed E-state index contributed by atoms with van der Waals surface area (Å²) in [6.07, 6.45) is -0.201. The highest BCUT2D eigenvalue weighted by molar-refractivity contribution is 5.91. The van der Waals surface area contributed by atoms with E-state index in [1.807, 2.05) is 6.92 Å². The second-order valence-electron chi connectivity index (χ2n) is 6.13. The zero-order chi connectivity index (χ0) is 17.6. The Morgan fingerprint density at radius 1 is 1.38 bits per heavy atom. The lowest BCUT2D eigenvalue weighted by atomic mass is 9.77. The van der Waals surface area contributed by atoms with Gasteiger partial charge in [0.05, 0.1) is 5.69 Å². The number of aliphatic hydroxyl groups is 1. The fourth-order valence-electron chi connectivity index (χ4n) is 2.85. The van der Waals surface area contributed by atoms with E-state index >= 15 is 0 Å². The highest BCUT2D eigenvalue weighted by Crippen LogP contribution is 2.34. The van der Waals surface area contributed by atoms with Crippen LogP contribution in [0, 0.1) is 5.41 Å². The van der Waals surface area contributed by atoms with Crippen molar-refractivity contribution < 1.29 is 23.4 Å². The van der Waals surface area contributed by atoms with Crippen molar-refractivity contribution in [3.63, 3.8) is 0 Å². The van der Waals surface area contributed by atoms with Crippen molar-refractivity contribution in [3.05, 3.63) is 24.3 Å². The van der Waals surface area contributed by atoms with Gasteiger partial charge in [-0.25, -0.2) is 13.6 Å². The number of carbonyl (C=O) groups is 1. The van der Waals surface area contributed by atoms with Gasteiger partial charge >= 0.3 is 6.03 Å². The van der Waals surface area contributed by atoms with Crippen molar-refractivity contribution in [2.24, 2.45) is 5.41 Å². The van der Waals surface area contributed by atoms with Gasteiger partial charge in [0.15, 0.2) is 0 Å². The number of carbonyl (C=O) groups excluding carboxylic acids is 1. The van der Waals surface area contributed by atoms with Crippen molar-refractivity contribution in [1.29, 1.82) is 0 Å². The first-order valence-corrected chi connectivity index (χ1v) is 8.16. The molecule has 24 heavy (non-hydrogen) atoms. The molecule has 0 aliphatic carbocycles. The number of hydrogen-bond donors (Lipinski definition) is 2. The van der Waals surface area contributed by atoms with Gasteiger partial charge < -0.3 is 20.1 Å². The van der Waals surface area contributed by atoms with Crippen LogP contribution in [0.15, 0.2) is 24.3 Å². The van der Waals surface area contributed by atoms with E-state index in [-0.39, 0.29) is 23.8 Å². The molecule has 0 unspecified atom stereocenters. The van der Waals surface area contributed by atoms with E-state index in [0.29, 0.717) is 18.8 Å². The van der Waals surface area contributed by atoms with Crippen LogP contribution >= 0.6 is 0 Å². The summed E-state index contributed by atoms with van der Waals surface area (Å²) in [7, 11) is 0. The SMILES string of the molecule is CCC1(CO)CCN(C(=O)Nc2ccccc2OCC(F)F)CC1. The highest BCUT2D eigenvalue weighted by Gasteiger charge is 2.34. The van der Waals surface area contributed by atoms with Gasteiger partial charge in [-0.15, -0.1) is 0 Å². The second kappa shape index (κ2) is 8.28. The zero-order valence-electron chi connectivity index (χ0n) is 13.8. The maximum atomic E-state index is 12.4. The van der Waals surface area contributed by atoms with Gasteiger partial charge in [-0.2, -0.15) is 0 Å². The van der Waals surface area contributed by atoms with Crippen LogP contribution in [0.5, 0.6) is 5.75 Å². The normalized spacial score (nSPS) is 17.0. The van der Waals surface area contributed by atoms with Crippen LogP contribution in [0.2, 0.25) is 0 Å². The molecule has 7 heteroatoms. The molecule has 0 atom stereocenters. The number of urea groups is 1. The van der Waals surface area contributed by atoms with Crippen LogP contribution in [-0.4, -0.2) is 48.8 Å². The number of hydrogen-bond acceptors (Lipinski definition) is 3. The number of aliphatic hydroxyl groups excluding tert-OH is 1. The molecule has 2 N–H and O–H groups in total. The van der Waals surface area contributed by atoms with Gasteiger partial charge in [0.25, 0.3) is 6.43 Å². The van der Waals surface area contributed by atoms with Crippen LogP contribution < -0.4 is 10.1 Å². The molecule has 0 aromatic heterocycles. The zero-order valence-corrected chi connectivity index (χ0v) is 13.8. The lowest BCUT2D eigenvalue weighted by molar-refractivity contribution is 0.0541. The fraction of sp³-hybridized carbons (Fsp3) is 0.588. The number of rotatable bonds is 6. The minimum absolute atomic E-state index is 0.102. The Morgan fingerprint density at radius 3 is 2.62 bits per heavy atom. The van der Waals surface area contributed by atoms with Gasteiger partial charge in [0.2, 0.25) is 0 Å². The number of ether oxygens (including phenoxy) is 1. The molecule has 2 rings (SSSR count). The predicted molar refractivity (Wildman–Crippen MR) is 87.6 cm³/mol. The van der Waals surface area contributed by atoms with Crippen LogP contribution in [0.1, 0.15) is 26.2 Å². The molecule has 2 amide bonds. The number of benzene rings is 1. The molecule has 1 aromatic rings. The molecule has 1 saturated heterocycles. The van der Waals surface area contributed by atoms with Gasteiger partial charge in [0, 0.05) is 19.7 Å². The maximum Gasteiger partial charge on any atom is 0.321 e. The molecule has 134 valence electrons.